The normalized spacial score (nSPS) is 17.8. The number of carbonyl (C=O) groups excluding carboxylic acids is 1. The topological polar surface area (TPSA) is 109 Å². The number of amides is 1. The highest BCUT2D eigenvalue weighted by molar-refractivity contribution is 5.76. The molecule has 0 N–H and O–H groups in total. The van der Waals surface area contributed by atoms with Gasteiger partial charge in [-0.1, -0.05) is 0 Å². The highest BCUT2D eigenvalue weighted by Gasteiger charge is 2.24. The largest absolute Gasteiger partial charge is 0.338 e. The van der Waals surface area contributed by atoms with Crippen LogP contribution in [0.4, 0.5) is 5.69 Å². The fourth-order valence-corrected chi connectivity index (χ4v) is 2.62. The van der Waals surface area contributed by atoms with Gasteiger partial charge in [-0.25, -0.2) is 0 Å². The van der Waals surface area contributed by atoms with Crippen molar-refractivity contribution in [2.75, 3.05) is 6.54 Å². The second-order valence-corrected chi connectivity index (χ2v) is 5.35. The second kappa shape index (κ2) is 6.39. The number of pyridine rings is 1. The summed E-state index contributed by atoms with van der Waals surface area (Å²) in [7, 11) is 0. The number of aromatic nitrogens is 1. The van der Waals surface area contributed by atoms with E-state index in [9.17, 15) is 19.7 Å². The molecule has 1 aliphatic rings. The average molecular weight is 304 g/mol. The molecule has 1 fully saturated rings. The lowest BCUT2D eigenvalue weighted by atomic mass is 10.0. The first-order valence-electron chi connectivity index (χ1n) is 7.02. The first-order chi connectivity index (χ1) is 10.4. The predicted octanol–water partition coefficient (Wildman–Crippen LogP) is 1.03. The Kier molecular flexibility index (Phi) is 4.56. The molecule has 8 heteroatoms. The van der Waals surface area contributed by atoms with Crippen molar-refractivity contribution in [1.82, 2.24) is 9.47 Å². The Labute approximate surface area is 126 Å². The smallest absolute Gasteiger partial charge is 0.287 e. The molecule has 116 valence electrons. The van der Waals surface area contributed by atoms with Crippen molar-refractivity contribution >= 4 is 11.6 Å². The van der Waals surface area contributed by atoms with E-state index in [0.717, 1.165) is 36.1 Å². The number of likely N-dealkylation sites (tertiary alicyclic amines) is 1. The molecule has 1 aromatic rings. The molecule has 2 heterocycles. The van der Waals surface area contributed by atoms with Crippen molar-refractivity contribution < 1.29 is 9.72 Å². The molecule has 1 aromatic heterocycles. The van der Waals surface area contributed by atoms with E-state index in [4.69, 9.17) is 5.26 Å². The van der Waals surface area contributed by atoms with E-state index >= 15 is 0 Å². The SMILES string of the molecule is C[C@@H]1CCCCN1C(=O)Cn1cc([N+](=O)[O-])cc(C#N)c1=O. The number of hydrogen-bond acceptors (Lipinski definition) is 5. The maximum absolute atomic E-state index is 12.3. The number of nitro groups is 1. The summed E-state index contributed by atoms with van der Waals surface area (Å²) in [5.74, 6) is -0.265. The van der Waals surface area contributed by atoms with Crippen molar-refractivity contribution in [1.29, 1.82) is 5.26 Å². The van der Waals surface area contributed by atoms with Gasteiger partial charge in [0.05, 0.1) is 11.1 Å². The summed E-state index contributed by atoms with van der Waals surface area (Å²) >= 11 is 0. The lowest BCUT2D eigenvalue weighted by molar-refractivity contribution is -0.385. The zero-order valence-corrected chi connectivity index (χ0v) is 12.2. The van der Waals surface area contributed by atoms with Crippen LogP contribution in [0, 0.1) is 21.4 Å². The fourth-order valence-electron chi connectivity index (χ4n) is 2.62. The summed E-state index contributed by atoms with van der Waals surface area (Å²) < 4.78 is 0.945. The molecule has 22 heavy (non-hydrogen) atoms. The third-order valence-corrected chi connectivity index (χ3v) is 3.83. The van der Waals surface area contributed by atoms with E-state index in [1.807, 2.05) is 6.92 Å². The summed E-state index contributed by atoms with van der Waals surface area (Å²) in [5, 5.41) is 19.8. The van der Waals surface area contributed by atoms with Crippen molar-refractivity contribution in [2.45, 2.75) is 38.8 Å². The highest BCUT2D eigenvalue weighted by atomic mass is 16.6. The van der Waals surface area contributed by atoms with Gasteiger partial charge in [0.25, 0.3) is 11.2 Å². The van der Waals surface area contributed by atoms with Crippen molar-refractivity contribution in [3.05, 3.63) is 38.3 Å². The molecule has 1 amide bonds. The van der Waals surface area contributed by atoms with Gasteiger partial charge < -0.3 is 4.90 Å². The lowest BCUT2D eigenvalue weighted by Crippen LogP contribution is -2.44. The molecule has 2 rings (SSSR count). The quantitative estimate of drug-likeness (QED) is 0.612. The molecule has 1 saturated heterocycles. The van der Waals surface area contributed by atoms with Crippen LogP contribution >= 0.6 is 0 Å². The Morgan fingerprint density at radius 3 is 2.86 bits per heavy atom. The van der Waals surface area contributed by atoms with E-state index < -0.39 is 10.5 Å². The van der Waals surface area contributed by atoms with Crippen LogP contribution in [-0.4, -0.2) is 32.9 Å². The van der Waals surface area contributed by atoms with Crippen molar-refractivity contribution in [2.24, 2.45) is 0 Å². The summed E-state index contributed by atoms with van der Waals surface area (Å²) in [4.78, 5) is 36.2. The molecule has 0 aliphatic carbocycles. The zero-order valence-electron chi connectivity index (χ0n) is 12.2. The molecule has 0 radical (unpaired) electrons. The number of nitriles is 1. The maximum atomic E-state index is 12.3. The van der Waals surface area contributed by atoms with Crippen molar-refractivity contribution in [3.8, 4) is 6.07 Å². The van der Waals surface area contributed by atoms with E-state index in [1.54, 1.807) is 11.0 Å². The Morgan fingerprint density at radius 1 is 1.55 bits per heavy atom. The number of carbonyl (C=O) groups is 1. The van der Waals surface area contributed by atoms with Crippen LogP contribution in [0.15, 0.2) is 17.1 Å². The number of rotatable bonds is 3. The summed E-state index contributed by atoms with van der Waals surface area (Å²) in [6.07, 6.45) is 3.87. The molecule has 1 atom stereocenters. The van der Waals surface area contributed by atoms with Crippen LogP contribution in [0.5, 0.6) is 0 Å². The Bertz CT molecular complexity index is 704. The Balaban J connectivity index is 2.30. The summed E-state index contributed by atoms with van der Waals surface area (Å²) in [5.41, 5.74) is -1.41. The first kappa shape index (κ1) is 15.7. The summed E-state index contributed by atoms with van der Waals surface area (Å²) in [6.45, 7) is 2.27. The minimum Gasteiger partial charge on any atom is -0.338 e. The summed E-state index contributed by atoms with van der Waals surface area (Å²) in [6, 6.07) is 2.64. The number of hydrogen-bond donors (Lipinski definition) is 0. The van der Waals surface area contributed by atoms with Gasteiger partial charge in [-0.2, -0.15) is 5.26 Å². The minimum absolute atomic E-state index is 0.0890. The highest BCUT2D eigenvalue weighted by Crippen LogP contribution is 2.17. The first-order valence-corrected chi connectivity index (χ1v) is 7.02. The third-order valence-electron chi connectivity index (χ3n) is 3.83. The molecule has 0 spiro atoms. The van der Waals surface area contributed by atoms with Gasteiger partial charge in [-0.15, -0.1) is 0 Å². The molecule has 0 bridgehead atoms. The molecular weight excluding hydrogens is 288 g/mol. The van der Waals surface area contributed by atoms with Crippen LogP contribution in [0.1, 0.15) is 31.7 Å². The van der Waals surface area contributed by atoms with E-state index in [2.05, 4.69) is 0 Å². The molecule has 1 aliphatic heterocycles. The van der Waals surface area contributed by atoms with Crippen molar-refractivity contribution in [3.63, 3.8) is 0 Å². The van der Waals surface area contributed by atoms with E-state index in [1.165, 1.54) is 0 Å². The van der Waals surface area contributed by atoms with Gasteiger partial charge in [0.15, 0.2) is 0 Å². The molecule has 0 saturated carbocycles. The number of nitrogens with zero attached hydrogens (tertiary/aromatic N) is 4. The molecule has 0 aromatic carbocycles. The van der Waals surface area contributed by atoms with Gasteiger partial charge in [0, 0.05) is 18.7 Å². The third kappa shape index (κ3) is 3.14. The van der Waals surface area contributed by atoms with Crippen LogP contribution in [0.3, 0.4) is 0 Å². The fraction of sp³-hybridized carbons (Fsp3) is 0.500. The van der Waals surface area contributed by atoms with Gasteiger partial charge in [-0.05, 0) is 26.2 Å². The maximum Gasteiger partial charge on any atom is 0.287 e. The van der Waals surface area contributed by atoms with E-state index in [-0.39, 0.29) is 29.7 Å². The molecule has 0 unspecified atom stereocenters. The standard InChI is InChI=1S/C14H16N4O4/c1-10-4-2-3-5-17(10)13(19)9-16-8-12(18(21)22)6-11(7-15)14(16)20/h6,8,10H,2-5,9H2,1H3/t10-/m1/s1. The van der Waals surface area contributed by atoms with Gasteiger partial charge in [0.2, 0.25) is 5.91 Å². The van der Waals surface area contributed by atoms with Gasteiger partial charge >= 0.3 is 0 Å². The Hall–Kier alpha value is -2.69. The van der Waals surface area contributed by atoms with Crippen LogP contribution in [0.25, 0.3) is 0 Å². The van der Waals surface area contributed by atoms with Crippen LogP contribution in [-0.2, 0) is 11.3 Å². The average Bonchev–Trinajstić information content (AvgIpc) is 2.49. The molecular formula is C14H16N4O4. The van der Waals surface area contributed by atoms with Gasteiger partial charge in [0.1, 0.15) is 18.2 Å². The van der Waals surface area contributed by atoms with Crippen LogP contribution < -0.4 is 5.56 Å². The second-order valence-electron chi connectivity index (χ2n) is 5.35. The minimum atomic E-state index is -0.690. The zero-order chi connectivity index (χ0) is 16.3. The van der Waals surface area contributed by atoms with E-state index in [0.29, 0.717) is 6.54 Å². The monoisotopic (exact) mass is 304 g/mol. The van der Waals surface area contributed by atoms with Crippen LogP contribution in [0.2, 0.25) is 0 Å². The Morgan fingerprint density at radius 2 is 2.27 bits per heavy atom. The number of piperidine rings is 1. The molecule has 8 nitrogen and oxygen atoms in total. The predicted molar refractivity (Wildman–Crippen MR) is 77.1 cm³/mol. The lowest BCUT2D eigenvalue weighted by Gasteiger charge is -2.33. The van der Waals surface area contributed by atoms with Gasteiger partial charge in [-0.3, -0.25) is 24.3 Å².